The van der Waals surface area contributed by atoms with E-state index in [1.165, 1.54) is 18.7 Å². The van der Waals surface area contributed by atoms with Crippen LogP contribution in [-0.4, -0.2) is 94.3 Å². The highest BCUT2D eigenvalue weighted by Gasteiger charge is 2.56. The van der Waals surface area contributed by atoms with Crippen molar-refractivity contribution in [2.45, 2.75) is 63.9 Å². The van der Waals surface area contributed by atoms with Crippen molar-refractivity contribution in [2.75, 3.05) is 30.4 Å². The van der Waals surface area contributed by atoms with E-state index >= 15 is 0 Å². The second-order valence-electron chi connectivity index (χ2n) is 10.6. The first kappa shape index (κ1) is 33.3. The number of benzene rings is 1. The number of likely N-dealkylation sites (tertiary alicyclic amines) is 1. The van der Waals surface area contributed by atoms with E-state index in [1.807, 2.05) is 6.26 Å². The Morgan fingerprint density at radius 2 is 1.83 bits per heavy atom. The molecule has 15 heteroatoms. The van der Waals surface area contributed by atoms with Crippen LogP contribution in [0.1, 0.15) is 34.1 Å². The molecule has 1 aliphatic heterocycles. The van der Waals surface area contributed by atoms with Crippen LogP contribution in [0.4, 0.5) is 10.5 Å². The lowest BCUT2D eigenvalue weighted by Crippen LogP contribution is -2.54. The van der Waals surface area contributed by atoms with Gasteiger partial charge >= 0.3 is 6.09 Å². The minimum Gasteiger partial charge on any atom is -0.444 e. The van der Waals surface area contributed by atoms with Crippen molar-refractivity contribution in [2.24, 2.45) is 11.7 Å². The lowest BCUT2D eigenvalue weighted by molar-refractivity contribution is -0.523. The van der Waals surface area contributed by atoms with Gasteiger partial charge in [-0.1, -0.05) is 18.2 Å². The third-order valence-electron chi connectivity index (χ3n) is 6.30. The highest BCUT2D eigenvalue weighted by atomic mass is 32.2. The predicted molar refractivity (Wildman–Crippen MR) is 153 cm³/mol. The number of nitrogens with two attached hydrogens (primary N) is 1. The number of Topliss-reactive ketones (excluding diaryl/α,β-unsaturated/α-hetero) is 1. The van der Waals surface area contributed by atoms with E-state index in [-0.39, 0.29) is 6.42 Å². The Hall–Kier alpha value is -3.88. The van der Waals surface area contributed by atoms with Gasteiger partial charge in [0, 0.05) is 10.6 Å². The van der Waals surface area contributed by atoms with Crippen molar-refractivity contribution in [1.82, 2.24) is 15.5 Å². The topological polar surface area (TPSA) is 203 Å². The first-order chi connectivity index (χ1) is 19.2. The van der Waals surface area contributed by atoms with E-state index in [2.05, 4.69) is 16.0 Å². The first-order valence-corrected chi connectivity index (χ1v) is 14.4. The standard InChI is InChI=1S/C26H38N6O8S/c1-15(29-16-9-7-6-8-10-16)22(34)20-18(32(38)39)14-31(21(20)23(27)35)19(33)13-28-24(36)17(11-12-41-5)30-25(37)40-26(2,3)4/h6-10,15,17-18,20-21,29H,11-14H2,1-5H3,(H2,27,35)(H,28,36)(H,30,37)/t15-,17+,18?,20?,21-/m0/s1. The fourth-order valence-corrected chi connectivity index (χ4v) is 4.92. The van der Waals surface area contributed by atoms with E-state index in [0.29, 0.717) is 11.4 Å². The number of ketones is 1. The number of alkyl carbamates (subject to hydrolysis) is 1. The molecule has 1 aromatic carbocycles. The fourth-order valence-electron chi connectivity index (χ4n) is 4.45. The van der Waals surface area contributed by atoms with Crippen molar-refractivity contribution >= 4 is 47.0 Å². The van der Waals surface area contributed by atoms with Crippen molar-refractivity contribution in [3.8, 4) is 0 Å². The second kappa shape index (κ2) is 14.7. The van der Waals surface area contributed by atoms with Crippen LogP contribution in [0.5, 0.6) is 0 Å². The molecule has 4 amide bonds. The van der Waals surface area contributed by atoms with Crippen LogP contribution in [0.2, 0.25) is 0 Å². The highest BCUT2D eigenvalue weighted by molar-refractivity contribution is 7.98. The average Bonchev–Trinajstić information content (AvgIpc) is 3.30. The molecule has 1 saturated heterocycles. The number of rotatable bonds is 13. The summed E-state index contributed by atoms with van der Waals surface area (Å²) in [5.41, 5.74) is 5.35. The van der Waals surface area contributed by atoms with Crippen LogP contribution < -0.4 is 21.7 Å². The zero-order chi connectivity index (χ0) is 30.9. The van der Waals surface area contributed by atoms with Crippen LogP contribution in [0.25, 0.3) is 0 Å². The molecule has 0 spiro atoms. The van der Waals surface area contributed by atoms with Crippen molar-refractivity contribution < 1.29 is 33.6 Å². The van der Waals surface area contributed by atoms with Gasteiger partial charge in [0.2, 0.25) is 23.8 Å². The van der Waals surface area contributed by atoms with Gasteiger partial charge < -0.3 is 31.3 Å². The van der Waals surface area contributed by atoms with E-state index < -0.39 is 83.3 Å². The molecule has 1 aromatic rings. The maximum absolute atomic E-state index is 13.4. The van der Waals surface area contributed by atoms with Gasteiger partial charge in [-0.05, 0) is 58.3 Å². The molecule has 41 heavy (non-hydrogen) atoms. The molecular weight excluding hydrogens is 556 g/mol. The zero-order valence-electron chi connectivity index (χ0n) is 23.7. The lowest BCUT2D eigenvalue weighted by Gasteiger charge is -2.26. The van der Waals surface area contributed by atoms with Crippen LogP contribution in [0.15, 0.2) is 30.3 Å². The zero-order valence-corrected chi connectivity index (χ0v) is 24.6. The quantitative estimate of drug-likeness (QED) is 0.187. The summed E-state index contributed by atoms with van der Waals surface area (Å²) >= 11 is 1.44. The SMILES string of the molecule is CSCC[C@@H](NC(=O)OC(C)(C)C)C(=O)NCC(=O)N1CC([N+](=O)[O-])C(C(=O)[C@H](C)Nc2ccccc2)[C@H]1C(N)=O. The average molecular weight is 595 g/mol. The summed E-state index contributed by atoms with van der Waals surface area (Å²) in [6.45, 7) is 5.32. The normalized spacial score (nSPS) is 19.9. The number of hydrogen-bond donors (Lipinski definition) is 4. The van der Waals surface area contributed by atoms with Crippen molar-refractivity contribution in [3.63, 3.8) is 0 Å². The number of anilines is 1. The molecule has 0 bridgehead atoms. The Labute approximate surface area is 242 Å². The third kappa shape index (κ3) is 9.62. The monoisotopic (exact) mass is 594 g/mol. The molecule has 0 radical (unpaired) electrons. The molecular formula is C26H38N6O8S. The van der Waals surface area contributed by atoms with Gasteiger partial charge in [0.15, 0.2) is 5.78 Å². The van der Waals surface area contributed by atoms with E-state index in [0.717, 1.165) is 4.90 Å². The molecule has 5 atom stereocenters. The summed E-state index contributed by atoms with van der Waals surface area (Å²) in [6, 6.07) is 3.54. The molecule has 0 saturated carbocycles. The number of amides is 4. The smallest absolute Gasteiger partial charge is 0.408 e. The molecule has 2 rings (SSSR count). The molecule has 1 fully saturated rings. The third-order valence-corrected chi connectivity index (χ3v) is 6.95. The number of nitrogens with zero attached hydrogens (tertiary/aromatic N) is 2. The molecule has 226 valence electrons. The summed E-state index contributed by atoms with van der Waals surface area (Å²) < 4.78 is 5.21. The Morgan fingerprint density at radius 3 is 2.37 bits per heavy atom. The van der Waals surface area contributed by atoms with Crippen molar-refractivity contribution in [1.29, 1.82) is 0 Å². The summed E-state index contributed by atoms with van der Waals surface area (Å²) in [7, 11) is 0. The molecule has 1 heterocycles. The molecule has 14 nitrogen and oxygen atoms in total. The summed E-state index contributed by atoms with van der Waals surface area (Å²) in [5, 5.41) is 19.7. The summed E-state index contributed by atoms with van der Waals surface area (Å²) in [5.74, 6) is -4.25. The van der Waals surface area contributed by atoms with Gasteiger partial charge in [-0.15, -0.1) is 0 Å². The Kier molecular flexibility index (Phi) is 11.9. The number of carbonyl (C=O) groups excluding carboxylic acids is 5. The summed E-state index contributed by atoms with van der Waals surface area (Å²) in [4.78, 5) is 76.1. The van der Waals surface area contributed by atoms with E-state index in [9.17, 15) is 34.1 Å². The Balaban J connectivity index is 2.17. The number of para-hydroxylation sites is 1. The van der Waals surface area contributed by atoms with Gasteiger partial charge in [0.05, 0.1) is 19.1 Å². The van der Waals surface area contributed by atoms with Gasteiger partial charge in [0.1, 0.15) is 23.6 Å². The number of nitro groups is 1. The van der Waals surface area contributed by atoms with Gasteiger partial charge in [0.25, 0.3) is 0 Å². The number of carbonyl (C=O) groups is 5. The number of ether oxygens (including phenoxy) is 1. The molecule has 2 unspecified atom stereocenters. The van der Waals surface area contributed by atoms with E-state index in [4.69, 9.17) is 10.5 Å². The van der Waals surface area contributed by atoms with Crippen LogP contribution in [-0.2, 0) is 23.9 Å². The minimum absolute atomic E-state index is 0.236. The maximum Gasteiger partial charge on any atom is 0.408 e. The molecule has 0 aliphatic carbocycles. The molecule has 0 aromatic heterocycles. The minimum atomic E-state index is -1.59. The number of nitrogens with one attached hydrogen (secondary N) is 3. The lowest BCUT2D eigenvalue weighted by atomic mass is 9.88. The number of hydrogen-bond acceptors (Lipinski definition) is 10. The molecule has 1 aliphatic rings. The predicted octanol–water partition coefficient (Wildman–Crippen LogP) is 0.776. The highest BCUT2D eigenvalue weighted by Crippen LogP contribution is 2.29. The van der Waals surface area contributed by atoms with Crippen LogP contribution in [0.3, 0.4) is 0 Å². The van der Waals surface area contributed by atoms with Crippen LogP contribution in [0, 0.1) is 16.0 Å². The number of thioether (sulfide) groups is 1. The van der Waals surface area contributed by atoms with Crippen LogP contribution >= 0.6 is 11.8 Å². The largest absolute Gasteiger partial charge is 0.444 e. The summed E-state index contributed by atoms with van der Waals surface area (Å²) in [6.07, 6.45) is 1.25. The maximum atomic E-state index is 13.4. The van der Waals surface area contributed by atoms with E-state index in [1.54, 1.807) is 51.1 Å². The molecule has 5 N–H and O–H groups in total. The number of primary amides is 1. The van der Waals surface area contributed by atoms with Gasteiger partial charge in [-0.3, -0.25) is 29.3 Å². The fraction of sp³-hybridized carbons (Fsp3) is 0.577. The van der Waals surface area contributed by atoms with Crippen molar-refractivity contribution in [3.05, 3.63) is 40.4 Å². The Bertz CT molecular complexity index is 1130. The Morgan fingerprint density at radius 1 is 1.20 bits per heavy atom. The van der Waals surface area contributed by atoms with Gasteiger partial charge in [-0.25, -0.2) is 4.79 Å². The first-order valence-electron chi connectivity index (χ1n) is 13.0. The second-order valence-corrected chi connectivity index (χ2v) is 11.6. The van der Waals surface area contributed by atoms with Gasteiger partial charge in [-0.2, -0.15) is 11.8 Å².